The summed E-state index contributed by atoms with van der Waals surface area (Å²) in [6.45, 7) is 1.94. The molecule has 88 valence electrons. The largest absolute Gasteiger partial charge is 0.439 e. The van der Waals surface area contributed by atoms with E-state index >= 15 is 0 Å². The molecule has 0 saturated carbocycles. The third-order valence-corrected chi connectivity index (χ3v) is 2.83. The van der Waals surface area contributed by atoms with Crippen molar-refractivity contribution in [2.75, 3.05) is 0 Å². The number of alkyl halides is 1. The minimum Gasteiger partial charge on any atom is -0.439 e. The van der Waals surface area contributed by atoms with Crippen LogP contribution in [0.15, 0.2) is 36.5 Å². The number of benzene rings is 1. The van der Waals surface area contributed by atoms with Gasteiger partial charge in [0.2, 0.25) is 5.88 Å². The summed E-state index contributed by atoms with van der Waals surface area (Å²) in [5.41, 5.74) is 1.94. The first kappa shape index (κ1) is 12.2. The van der Waals surface area contributed by atoms with E-state index in [1.807, 2.05) is 13.0 Å². The van der Waals surface area contributed by atoms with Gasteiger partial charge in [-0.15, -0.1) is 11.6 Å². The summed E-state index contributed by atoms with van der Waals surface area (Å²) in [7, 11) is 0. The molecule has 0 fully saturated rings. The van der Waals surface area contributed by atoms with E-state index in [0.29, 0.717) is 22.5 Å². The van der Waals surface area contributed by atoms with Crippen molar-refractivity contribution < 1.29 is 4.74 Å². The second-order valence-electron chi connectivity index (χ2n) is 3.66. The molecule has 0 spiro atoms. The number of rotatable bonds is 3. The summed E-state index contributed by atoms with van der Waals surface area (Å²) >= 11 is 11.5. The second kappa shape index (κ2) is 5.39. The van der Waals surface area contributed by atoms with Crippen molar-refractivity contribution in [3.63, 3.8) is 0 Å². The van der Waals surface area contributed by atoms with Gasteiger partial charge in [0.1, 0.15) is 5.75 Å². The molecule has 0 aliphatic carbocycles. The number of pyridine rings is 1. The zero-order chi connectivity index (χ0) is 12.3. The van der Waals surface area contributed by atoms with Crippen LogP contribution in [0.25, 0.3) is 0 Å². The zero-order valence-corrected chi connectivity index (χ0v) is 10.8. The van der Waals surface area contributed by atoms with E-state index < -0.39 is 0 Å². The van der Waals surface area contributed by atoms with E-state index in [9.17, 15) is 0 Å². The molecule has 0 saturated heterocycles. The van der Waals surface area contributed by atoms with Crippen molar-refractivity contribution in [1.82, 2.24) is 4.98 Å². The normalized spacial score (nSPS) is 10.3. The highest BCUT2D eigenvalue weighted by atomic mass is 35.5. The molecule has 0 N–H and O–H groups in total. The van der Waals surface area contributed by atoms with E-state index in [1.54, 1.807) is 30.5 Å². The molecule has 2 aromatic rings. The van der Waals surface area contributed by atoms with Crippen LogP contribution in [0.2, 0.25) is 5.02 Å². The molecule has 4 heteroatoms. The maximum atomic E-state index is 5.80. The standard InChI is InChI=1S/C13H11Cl2NO/c1-9-6-10(7-14)8-16-13(9)17-12-4-2-11(15)3-5-12/h2-6,8H,7H2,1H3. The highest BCUT2D eigenvalue weighted by Gasteiger charge is 2.04. The number of ether oxygens (including phenoxy) is 1. The number of nitrogens with zero attached hydrogens (tertiary/aromatic N) is 1. The Morgan fingerprint density at radius 2 is 1.94 bits per heavy atom. The van der Waals surface area contributed by atoms with Crippen LogP contribution in [-0.4, -0.2) is 4.98 Å². The van der Waals surface area contributed by atoms with Gasteiger partial charge in [-0.2, -0.15) is 0 Å². The Morgan fingerprint density at radius 1 is 1.24 bits per heavy atom. The van der Waals surface area contributed by atoms with E-state index in [2.05, 4.69) is 4.98 Å². The molecule has 0 aliphatic heterocycles. The molecular formula is C13H11Cl2NO. The number of aromatic nitrogens is 1. The van der Waals surface area contributed by atoms with Crippen LogP contribution >= 0.6 is 23.2 Å². The smallest absolute Gasteiger partial charge is 0.222 e. The molecule has 0 bridgehead atoms. The van der Waals surface area contributed by atoms with Gasteiger partial charge in [0.25, 0.3) is 0 Å². The van der Waals surface area contributed by atoms with Crippen LogP contribution in [0.5, 0.6) is 11.6 Å². The maximum Gasteiger partial charge on any atom is 0.222 e. The Morgan fingerprint density at radius 3 is 2.53 bits per heavy atom. The fourth-order valence-electron chi connectivity index (χ4n) is 1.41. The monoisotopic (exact) mass is 267 g/mol. The highest BCUT2D eigenvalue weighted by molar-refractivity contribution is 6.30. The SMILES string of the molecule is Cc1cc(CCl)cnc1Oc1ccc(Cl)cc1. The number of halogens is 2. The number of hydrogen-bond donors (Lipinski definition) is 0. The summed E-state index contributed by atoms with van der Waals surface area (Å²) in [4.78, 5) is 4.23. The van der Waals surface area contributed by atoms with E-state index in [-0.39, 0.29) is 0 Å². The molecule has 1 aromatic heterocycles. The lowest BCUT2D eigenvalue weighted by Crippen LogP contribution is -1.92. The molecule has 2 nitrogen and oxygen atoms in total. The molecular weight excluding hydrogens is 257 g/mol. The molecule has 1 heterocycles. The number of hydrogen-bond acceptors (Lipinski definition) is 2. The van der Waals surface area contributed by atoms with Gasteiger partial charge in [-0.3, -0.25) is 0 Å². The van der Waals surface area contributed by atoms with Gasteiger partial charge in [-0.1, -0.05) is 11.6 Å². The van der Waals surface area contributed by atoms with Crippen molar-refractivity contribution in [1.29, 1.82) is 0 Å². The summed E-state index contributed by atoms with van der Waals surface area (Å²) in [5, 5.41) is 0.680. The average Bonchev–Trinajstić information content (AvgIpc) is 2.34. The topological polar surface area (TPSA) is 22.1 Å². The first-order valence-electron chi connectivity index (χ1n) is 5.14. The molecule has 17 heavy (non-hydrogen) atoms. The van der Waals surface area contributed by atoms with Crippen LogP contribution in [0, 0.1) is 6.92 Å². The van der Waals surface area contributed by atoms with Gasteiger partial charge in [0.15, 0.2) is 0 Å². The van der Waals surface area contributed by atoms with Crippen molar-refractivity contribution in [3.8, 4) is 11.6 Å². The Bertz CT molecular complexity index is 511. The van der Waals surface area contributed by atoms with Crippen LogP contribution in [0.1, 0.15) is 11.1 Å². The molecule has 0 amide bonds. The fraction of sp³-hybridized carbons (Fsp3) is 0.154. The predicted molar refractivity (Wildman–Crippen MR) is 70.1 cm³/mol. The van der Waals surface area contributed by atoms with Crippen LogP contribution in [-0.2, 0) is 5.88 Å². The molecule has 1 aromatic carbocycles. The van der Waals surface area contributed by atoms with Gasteiger partial charge in [-0.05, 0) is 42.8 Å². The summed E-state index contributed by atoms with van der Waals surface area (Å²) in [6.07, 6.45) is 1.71. The Kier molecular flexibility index (Phi) is 3.87. The van der Waals surface area contributed by atoms with Crippen molar-refractivity contribution in [2.45, 2.75) is 12.8 Å². The van der Waals surface area contributed by atoms with E-state index in [4.69, 9.17) is 27.9 Å². The van der Waals surface area contributed by atoms with Gasteiger partial charge < -0.3 is 4.74 Å². The first-order valence-corrected chi connectivity index (χ1v) is 6.05. The maximum absolute atomic E-state index is 5.80. The first-order chi connectivity index (χ1) is 8.19. The lowest BCUT2D eigenvalue weighted by atomic mass is 10.2. The van der Waals surface area contributed by atoms with Crippen LogP contribution in [0.4, 0.5) is 0 Å². The van der Waals surface area contributed by atoms with E-state index in [0.717, 1.165) is 11.1 Å². The Labute approximate surface area is 110 Å². The predicted octanol–water partition coefficient (Wildman–Crippen LogP) is 4.57. The van der Waals surface area contributed by atoms with Crippen molar-refractivity contribution in [2.24, 2.45) is 0 Å². The lowest BCUT2D eigenvalue weighted by Gasteiger charge is -2.08. The third-order valence-electron chi connectivity index (χ3n) is 2.27. The molecule has 0 atom stereocenters. The minimum atomic E-state index is 0.453. The highest BCUT2D eigenvalue weighted by Crippen LogP contribution is 2.24. The summed E-state index contributed by atoms with van der Waals surface area (Å²) in [5.74, 6) is 1.75. The van der Waals surface area contributed by atoms with Crippen LogP contribution in [0.3, 0.4) is 0 Å². The van der Waals surface area contributed by atoms with Gasteiger partial charge in [-0.25, -0.2) is 4.98 Å². The molecule has 2 rings (SSSR count). The second-order valence-corrected chi connectivity index (χ2v) is 4.36. The summed E-state index contributed by atoms with van der Waals surface area (Å²) < 4.78 is 5.65. The average molecular weight is 268 g/mol. The summed E-state index contributed by atoms with van der Waals surface area (Å²) in [6, 6.07) is 9.13. The number of aryl methyl sites for hydroxylation is 1. The van der Waals surface area contributed by atoms with Gasteiger partial charge in [0.05, 0.1) is 0 Å². The van der Waals surface area contributed by atoms with Crippen molar-refractivity contribution in [3.05, 3.63) is 52.7 Å². The van der Waals surface area contributed by atoms with Crippen molar-refractivity contribution >= 4 is 23.2 Å². The molecule has 0 radical (unpaired) electrons. The third kappa shape index (κ3) is 3.11. The Hall–Kier alpha value is -1.25. The molecule has 0 aliphatic rings. The Balaban J connectivity index is 2.21. The lowest BCUT2D eigenvalue weighted by molar-refractivity contribution is 0.458. The van der Waals surface area contributed by atoms with Gasteiger partial charge >= 0.3 is 0 Å². The van der Waals surface area contributed by atoms with E-state index in [1.165, 1.54) is 0 Å². The fourth-order valence-corrected chi connectivity index (χ4v) is 1.69. The molecule has 0 unspecified atom stereocenters. The minimum absolute atomic E-state index is 0.453. The van der Waals surface area contributed by atoms with Gasteiger partial charge in [0, 0.05) is 22.7 Å². The van der Waals surface area contributed by atoms with Crippen LogP contribution < -0.4 is 4.74 Å². The zero-order valence-electron chi connectivity index (χ0n) is 9.28. The quantitative estimate of drug-likeness (QED) is 0.760.